The maximum absolute atomic E-state index is 14.1. The van der Waals surface area contributed by atoms with Crippen molar-refractivity contribution >= 4 is 69.7 Å². The minimum atomic E-state index is -0.750. The van der Waals surface area contributed by atoms with Crippen molar-refractivity contribution in [1.82, 2.24) is 19.7 Å². The van der Waals surface area contributed by atoms with E-state index in [0.29, 0.717) is 58.2 Å². The quantitative estimate of drug-likeness (QED) is 0.126. The molecule has 0 aliphatic carbocycles. The zero-order chi connectivity index (χ0) is 34.9. The Kier molecular flexibility index (Phi) is 9.21. The third kappa shape index (κ3) is 6.63. The second kappa shape index (κ2) is 13.9. The van der Waals surface area contributed by atoms with Crippen LogP contribution in [0.5, 0.6) is 0 Å². The first-order valence-electron chi connectivity index (χ1n) is 14.9. The fourth-order valence-corrected chi connectivity index (χ4v) is 7.82. The van der Waals surface area contributed by atoms with E-state index in [1.54, 1.807) is 55.5 Å². The molecule has 0 radical (unpaired) electrons. The predicted octanol–water partition coefficient (Wildman–Crippen LogP) is 7.03. The van der Waals surface area contributed by atoms with Crippen LogP contribution in [0.2, 0.25) is 10.0 Å². The number of anilines is 1. The van der Waals surface area contributed by atoms with Crippen molar-refractivity contribution in [3.05, 3.63) is 159 Å². The van der Waals surface area contributed by atoms with Gasteiger partial charge in [0.15, 0.2) is 10.6 Å². The molecule has 7 rings (SSSR count). The Morgan fingerprint density at radius 2 is 1.78 bits per heavy atom. The summed E-state index contributed by atoms with van der Waals surface area (Å²) in [6.07, 6.45) is 1.59. The van der Waals surface area contributed by atoms with Gasteiger partial charge in [0.05, 0.1) is 36.7 Å². The number of nitro benzene ring substituents is 1. The van der Waals surface area contributed by atoms with Crippen LogP contribution in [0.25, 0.3) is 17.5 Å². The van der Waals surface area contributed by atoms with E-state index in [-0.39, 0.29) is 22.3 Å². The second-order valence-corrected chi connectivity index (χ2v) is 13.9. The first-order valence-corrected chi connectivity index (χ1v) is 17.3. The van der Waals surface area contributed by atoms with Gasteiger partial charge in [0.1, 0.15) is 0 Å². The summed E-state index contributed by atoms with van der Waals surface area (Å²) >= 11 is 14.5. The number of nitrogens with one attached hydrogen (secondary N) is 2. The molecule has 1 atom stereocenters. The maximum Gasteiger partial charge on any atom is 0.283 e. The lowest BCUT2D eigenvalue weighted by atomic mass is 9.95. The summed E-state index contributed by atoms with van der Waals surface area (Å²) in [5.41, 5.74) is 2.60. The Bertz CT molecular complexity index is 2520. The topological polar surface area (TPSA) is 148 Å². The Labute approximate surface area is 301 Å². The van der Waals surface area contributed by atoms with Gasteiger partial charge in [-0.3, -0.25) is 29.4 Å². The number of nitrogens with zero attached hydrogens (tertiary/aromatic N) is 5. The number of H-pyrrole nitrogens is 1. The van der Waals surface area contributed by atoms with Crippen LogP contribution in [0.15, 0.2) is 128 Å². The van der Waals surface area contributed by atoms with Crippen LogP contribution in [0.3, 0.4) is 0 Å². The van der Waals surface area contributed by atoms with Crippen molar-refractivity contribution in [3.63, 3.8) is 0 Å². The molecule has 2 N–H and O–H groups in total. The number of aromatic nitrogens is 4. The molecule has 11 nitrogen and oxygen atoms in total. The number of amides is 1. The first-order chi connectivity index (χ1) is 24.2. The molecular formula is C35H23Cl2N7O4S2. The Morgan fingerprint density at radius 1 is 1.04 bits per heavy atom. The molecule has 0 unspecified atom stereocenters. The molecule has 15 heteroatoms. The van der Waals surface area contributed by atoms with Crippen LogP contribution >= 0.6 is 46.3 Å². The van der Waals surface area contributed by atoms with Gasteiger partial charge in [-0.05, 0) is 72.3 Å². The summed E-state index contributed by atoms with van der Waals surface area (Å²) in [5.74, 6) is 0.00708. The molecule has 0 bridgehead atoms. The number of carbonyl (C=O) groups is 1. The average molecular weight is 741 g/mol. The van der Waals surface area contributed by atoms with Crippen LogP contribution in [0.1, 0.15) is 24.1 Å². The van der Waals surface area contributed by atoms with Crippen LogP contribution in [0, 0.1) is 10.1 Å². The molecular weight excluding hydrogens is 717 g/mol. The van der Waals surface area contributed by atoms with Crippen molar-refractivity contribution in [1.29, 1.82) is 0 Å². The highest BCUT2D eigenvalue weighted by atomic mass is 35.5. The van der Waals surface area contributed by atoms with Crippen molar-refractivity contribution in [2.75, 3.05) is 5.32 Å². The molecule has 2 aromatic heterocycles. The van der Waals surface area contributed by atoms with Crippen molar-refractivity contribution in [2.45, 2.75) is 23.0 Å². The van der Waals surface area contributed by atoms with E-state index in [1.165, 1.54) is 10.6 Å². The van der Waals surface area contributed by atoms with Gasteiger partial charge in [-0.25, -0.2) is 9.98 Å². The van der Waals surface area contributed by atoms with Crippen molar-refractivity contribution in [2.24, 2.45) is 4.99 Å². The van der Waals surface area contributed by atoms with Gasteiger partial charge >= 0.3 is 0 Å². The van der Waals surface area contributed by atoms with Gasteiger partial charge in [-0.15, -0.1) is 5.10 Å². The van der Waals surface area contributed by atoms with Crippen molar-refractivity contribution < 1.29 is 9.72 Å². The van der Waals surface area contributed by atoms with E-state index in [2.05, 4.69) is 25.5 Å². The fourth-order valence-electron chi connectivity index (χ4n) is 5.48. The van der Waals surface area contributed by atoms with Gasteiger partial charge in [0, 0.05) is 22.3 Å². The Morgan fingerprint density at radius 3 is 2.50 bits per heavy atom. The van der Waals surface area contributed by atoms with Gasteiger partial charge in [0.25, 0.3) is 17.2 Å². The first kappa shape index (κ1) is 33.2. The van der Waals surface area contributed by atoms with Gasteiger partial charge < -0.3 is 5.32 Å². The number of rotatable bonds is 8. The summed E-state index contributed by atoms with van der Waals surface area (Å²) in [7, 11) is 0. The van der Waals surface area contributed by atoms with E-state index < -0.39 is 11.0 Å². The second-order valence-electron chi connectivity index (χ2n) is 11.0. The number of hydrogen-bond donors (Lipinski definition) is 2. The number of thiazole rings is 1. The standard InChI is InChI=1S/C35H23Cl2N7O4S2/c1-19-29(32(45)39-23-10-6-3-7-11-23)30(21-8-4-2-5-9-21)43-33(46)28(50-35(43)38-19)17-20-12-15-27(26(16-20)44(47)48)49-34-40-31(41-42-34)24-14-13-22(36)18-25(24)37/h2-18,30H,1H3,(H,39,45)(H,40,41,42)/b28-17+/t30-/m0/s1. The largest absolute Gasteiger partial charge is 0.322 e. The molecule has 248 valence electrons. The summed E-state index contributed by atoms with van der Waals surface area (Å²) in [5, 5.41) is 23.2. The molecule has 3 heterocycles. The third-order valence-corrected chi connectivity index (χ3v) is 10.2. The van der Waals surface area contributed by atoms with Crippen LogP contribution < -0.4 is 20.2 Å². The van der Waals surface area contributed by atoms with E-state index in [1.807, 2.05) is 48.5 Å². The summed E-state index contributed by atoms with van der Waals surface area (Å²) < 4.78 is 1.81. The fraction of sp³-hybridized carbons (Fsp3) is 0.0571. The van der Waals surface area contributed by atoms with E-state index in [0.717, 1.165) is 28.7 Å². The number of hydrogen-bond acceptors (Lipinski definition) is 9. The van der Waals surface area contributed by atoms with Gasteiger partial charge in [-0.1, -0.05) is 89.1 Å². The Balaban J connectivity index is 1.24. The van der Waals surface area contributed by atoms with E-state index in [9.17, 15) is 19.7 Å². The molecule has 6 aromatic rings. The summed E-state index contributed by atoms with van der Waals surface area (Å²) in [6.45, 7) is 1.74. The lowest BCUT2D eigenvalue weighted by molar-refractivity contribution is -0.387. The molecule has 1 aliphatic rings. The SMILES string of the molecule is CC1=C(C(=O)Nc2ccccc2)[C@H](c2ccccc2)n2c(s/c(=C/c3ccc(Sc4n[nH]c(-c5ccc(Cl)cc5Cl)n4)c([N+](=O)[O-])c3)c2=O)=N1. The number of nitro groups is 1. The molecule has 0 spiro atoms. The Hall–Kier alpha value is -5.34. The average Bonchev–Trinajstić information content (AvgIpc) is 3.68. The van der Waals surface area contributed by atoms with Crippen molar-refractivity contribution in [3.8, 4) is 11.4 Å². The lowest BCUT2D eigenvalue weighted by Crippen LogP contribution is -2.40. The molecule has 4 aromatic carbocycles. The highest BCUT2D eigenvalue weighted by Crippen LogP contribution is 2.36. The number of para-hydroxylation sites is 1. The molecule has 0 saturated carbocycles. The minimum Gasteiger partial charge on any atom is -0.322 e. The summed E-state index contributed by atoms with van der Waals surface area (Å²) in [6, 6.07) is 27.2. The smallest absolute Gasteiger partial charge is 0.283 e. The molecule has 0 fully saturated rings. The number of halogens is 2. The number of benzene rings is 4. The zero-order valence-corrected chi connectivity index (χ0v) is 29.0. The van der Waals surface area contributed by atoms with Crippen LogP contribution in [0.4, 0.5) is 11.4 Å². The normalized spacial score (nSPS) is 14.3. The highest BCUT2D eigenvalue weighted by Gasteiger charge is 2.32. The highest BCUT2D eigenvalue weighted by molar-refractivity contribution is 7.99. The maximum atomic E-state index is 14.1. The molecule has 0 saturated heterocycles. The van der Waals surface area contributed by atoms with E-state index in [4.69, 9.17) is 23.2 Å². The third-order valence-electron chi connectivity index (χ3n) is 7.74. The summed E-state index contributed by atoms with van der Waals surface area (Å²) in [4.78, 5) is 49.3. The van der Waals surface area contributed by atoms with Crippen LogP contribution in [-0.2, 0) is 4.79 Å². The molecule has 1 amide bonds. The predicted molar refractivity (Wildman–Crippen MR) is 194 cm³/mol. The lowest BCUT2D eigenvalue weighted by Gasteiger charge is -2.25. The molecule has 1 aliphatic heterocycles. The number of aromatic amines is 1. The number of fused-ring (bicyclic) bond motifs is 1. The monoisotopic (exact) mass is 739 g/mol. The van der Waals surface area contributed by atoms with Crippen LogP contribution in [-0.4, -0.2) is 30.6 Å². The van der Waals surface area contributed by atoms with E-state index >= 15 is 0 Å². The van der Waals surface area contributed by atoms with Gasteiger partial charge in [0.2, 0.25) is 5.16 Å². The number of allylic oxidation sites excluding steroid dienone is 1. The zero-order valence-electron chi connectivity index (χ0n) is 25.8. The molecule has 50 heavy (non-hydrogen) atoms. The van der Waals surface area contributed by atoms with Gasteiger partial charge in [-0.2, -0.15) is 0 Å². The number of carbonyl (C=O) groups excluding carboxylic acids is 1. The minimum absolute atomic E-state index is 0.190.